The van der Waals surface area contributed by atoms with Crippen LogP contribution >= 0.6 is 39.1 Å². The number of anilines is 6. The van der Waals surface area contributed by atoms with Crippen molar-refractivity contribution in [1.82, 2.24) is 29.7 Å². The first-order chi connectivity index (χ1) is 46.1. The van der Waals surface area contributed by atoms with Crippen LogP contribution in [0, 0.1) is 0 Å². The van der Waals surface area contributed by atoms with Gasteiger partial charge in [0, 0.05) is 103 Å². The second kappa shape index (κ2) is 32.1. The van der Waals surface area contributed by atoms with E-state index in [9.17, 15) is 28.8 Å². The number of pyridine rings is 3. The summed E-state index contributed by atoms with van der Waals surface area (Å²) in [5.74, 6) is 1.94. The van der Waals surface area contributed by atoms with Crippen molar-refractivity contribution in [1.29, 1.82) is 0 Å². The van der Waals surface area contributed by atoms with E-state index in [4.69, 9.17) is 23.2 Å². The van der Waals surface area contributed by atoms with Gasteiger partial charge in [-0.2, -0.15) is 0 Å². The molecule has 9 aromatic rings. The van der Waals surface area contributed by atoms with Gasteiger partial charge in [0.05, 0.1) is 56.9 Å². The molecule has 3 aliphatic rings. The zero-order chi connectivity index (χ0) is 66.8. The Morgan fingerprint density at radius 2 is 0.758 bits per heavy atom. The molecule has 24 heteroatoms. The predicted molar refractivity (Wildman–Crippen MR) is 378 cm³/mol. The topological polar surface area (TPSA) is 260 Å². The Balaban J connectivity index is 0.000000155. The Bertz CT molecular complexity index is 4350. The number of halogens is 3. The summed E-state index contributed by atoms with van der Waals surface area (Å²) in [6.45, 7) is 8.15. The van der Waals surface area contributed by atoms with Crippen LogP contribution in [0.5, 0.6) is 0 Å². The molecule has 21 nitrogen and oxygen atoms in total. The van der Waals surface area contributed by atoms with Gasteiger partial charge in [-0.05, 0) is 138 Å². The number of nitrogens with zero attached hydrogens (tertiary/aromatic N) is 9. The van der Waals surface area contributed by atoms with Gasteiger partial charge in [0.1, 0.15) is 35.0 Å². The number of carbonyl (C=O) groups excluding carboxylic acids is 6. The van der Waals surface area contributed by atoms with Gasteiger partial charge in [0.25, 0.3) is 35.4 Å². The second-order valence-electron chi connectivity index (χ2n) is 21.6. The van der Waals surface area contributed by atoms with Crippen molar-refractivity contribution < 1.29 is 28.8 Å². The van der Waals surface area contributed by atoms with Crippen molar-refractivity contribution >= 4 is 127 Å². The maximum absolute atomic E-state index is 12.8. The van der Waals surface area contributed by atoms with Gasteiger partial charge in [0.2, 0.25) is 0 Å². The van der Waals surface area contributed by atoms with Gasteiger partial charge >= 0.3 is 0 Å². The normalized spacial score (nSPS) is 13.1. The standard InChI is InChI=1S/C24H22BrN5O2.C24H22ClN5O2.C23H20ClN5O2/c1-2-30-14-13-26-22(30)16-7-9-17(10-8-16)23(31)28-20-6-4-3-5-19(20)24(32)29-21-12-11-18(25)15-27-21;1-30-14-4-13-26-22(30)16-7-9-17(10-8-16)23(31)28-20-6-3-2-5-19(20)24(32)29-21-12-11-18(25)15-27-21;1-29-13-12-25-21(29)15-6-8-16(9-7-15)22(30)27-19-5-3-2-4-18(19)23(31)28-20-11-10-17(24)14-26-20/h3-12,15H,2,13-14H2,1H3,(H,28,31)(H,27,29,32);2-3,5-12,15H,4,13-14H2,1H3,(H,28,31)(H,27,29,32);2-11,14H,12-13H2,1H3,(H,27,30)(H,26,28,31). The highest BCUT2D eigenvalue weighted by Gasteiger charge is 2.22. The first-order valence-electron chi connectivity index (χ1n) is 30.2. The molecule has 6 amide bonds. The van der Waals surface area contributed by atoms with Crippen LogP contribution in [0.3, 0.4) is 0 Å². The highest BCUT2D eigenvalue weighted by atomic mass is 79.9. The molecule has 0 saturated heterocycles. The molecule has 3 aromatic heterocycles. The van der Waals surface area contributed by atoms with Crippen LogP contribution in [-0.2, 0) is 0 Å². The van der Waals surface area contributed by atoms with Gasteiger partial charge in [-0.25, -0.2) is 15.0 Å². The van der Waals surface area contributed by atoms with Gasteiger partial charge in [-0.3, -0.25) is 43.7 Å². The van der Waals surface area contributed by atoms with E-state index in [1.807, 2.05) is 50.5 Å². The number of aromatic nitrogens is 3. The van der Waals surface area contributed by atoms with Crippen LogP contribution in [0.4, 0.5) is 34.5 Å². The molecule has 0 spiro atoms. The van der Waals surface area contributed by atoms with Crippen LogP contribution in [0.2, 0.25) is 10.0 Å². The van der Waals surface area contributed by atoms with Crippen molar-refractivity contribution in [3.05, 3.63) is 265 Å². The summed E-state index contributed by atoms with van der Waals surface area (Å²) in [6, 6.07) is 52.3. The third kappa shape index (κ3) is 17.8. The summed E-state index contributed by atoms with van der Waals surface area (Å²) < 4.78 is 0.816. The molecule has 0 radical (unpaired) electrons. The summed E-state index contributed by atoms with van der Waals surface area (Å²) in [7, 11) is 4.01. The number of amidine groups is 3. The van der Waals surface area contributed by atoms with Gasteiger partial charge in [0.15, 0.2) is 0 Å². The number of benzene rings is 6. The molecule has 0 bridgehead atoms. The maximum atomic E-state index is 12.8. The Morgan fingerprint density at radius 1 is 0.400 bits per heavy atom. The van der Waals surface area contributed by atoms with Crippen LogP contribution in [0.15, 0.2) is 220 Å². The molecule has 0 fully saturated rings. The Labute approximate surface area is 567 Å². The zero-order valence-corrected chi connectivity index (χ0v) is 54.9. The molecule has 480 valence electrons. The van der Waals surface area contributed by atoms with Gasteiger partial charge in [-0.15, -0.1) is 0 Å². The van der Waals surface area contributed by atoms with E-state index in [0.717, 1.165) is 90.9 Å². The predicted octanol–water partition coefficient (Wildman–Crippen LogP) is 12.7. The molecule has 0 atom stereocenters. The highest BCUT2D eigenvalue weighted by molar-refractivity contribution is 9.10. The Morgan fingerprint density at radius 3 is 1.12 bits per heavy atom. The van der Waals surface area contributed by atoms with E-state index < -0.39 is 0 Å². The van der Waals surface area contributed by atoms with Gasteiger partial charge < -0.3 is 46.6 Å². The van der Waals surface area contributed by atoms with E-state index >= 15 is 0 Å². The molecule has 12 rings (SSSR count). The minimum absolute atomic E-state index is 0.292. The fourth-order valence-corrected chi connectivity index (χ4v) is 10.6. The minimum atomic E-state index is -0.386. The van der Waals surface area contributed by atoms with Crippen LogP contribution in [-0.4, -0.2) is 143 Å². The van der Waals surface area contributed by atoms with Crippen molar-refractivity contribution in [2.75, 3.05) is 91.8 Å². The van der Waals surface area contributed by atoms with Crippen molar-refractivity contribution in [2.45, 2.75) is 13.3 Å². The zero-order valence-electron chi connectivity index (χ0n) is 51.8. The van der Waals surface area contributed by atoms with Crippen LogP contribution in [0.25, 0.3) is 0 Å². The third-order valence-electron chi connectivity index (χ3n) is 15.0. The average Bonchev–Trinajstić information content (AvgIpc) is 2.20. The van der Waals surface area contributed by atoms with Crippen LogP contribution < -0.4 is 31.9 Å². The number of hydrogen-bond acceptors (Lipinski definition) is 15. The smallest absolute Gasteiger partial charge is 0.258 e. The quantitative estimate of drug-likeness (QED) is 0.0528. The molecule has 95 heavy (non-hydrogen) atoms. The lowest BCUT2D eigenvalue weighted by Crippen LogP contribution is -2.32. The average molecular weight is 1370 g/mol. The summed E-state index contributed by atoms with van der Waals surface area (Å²) in [4.78, 5) is 109. The number of likely N-dealkylation sites (N-methyl/N-ethyl adjacent to an activating group) is 2. The number of carbonyl (C=O) groups is 6. The van der Waals surface area contributed by atoms with Crippen molar-refractivity contribution in [3.8, 4) is 0 Å². The lowest BCUT2D eigenvalue weighted by Gasteiger charge is -2.25. The maximum Gasteiger partial charge on any atom is 0.258 e. The number of nitrogens with one attached hydrogen (secondary N) is 6. The number of hydrogen-bond donors (Lipinski definition) is 6. The monoisotopic (exact) mass is 1370 g/mol. The molecular weight excluding hydrogens is 1310 g/mol. The summed E-state index contributed by atoms with van der Waals surface area (Å²) in [5.41, 5.74) is 6.64. The van der Waals surface area contributed by atoms with Crippen molar-refractivity contribution in [2.24, 2.45) is 15.0 Å². The first-order valence-corrected chi connectivity index (χ1v) is 31.7. The van der Waals surface area contributed by atoms with Crippen LogP contribution in [0.1, 0.15) is 92.2 Å². The fraction of sp³-hybridized carbons (Fsp3) is 0.155. The fourth-order valence-electron chi connectivity index (χ4n) is 10.1. The second-order valence-corrected chi connectivity index (χ2v) is 23.4. The molecule has 6 aromatic carbocycles. The molecule has 6 heterocycles. The SMILES string of the molecule is CCN1CCN=C1c1ccc(C(=O)Nc2ccccc2C(=O)Nc2ccc(Br)cn2)cc1.CN1CCCN=C1c1ccc(C(=O)Nc2ccccc2C(=O)Nc2ccc(Cl)cn2)cc1.CN1CCN=C1c1ccc(C(=O)Nc2ccccc2C(=O)Nc2ccc(Cl)cn2)cc1. The molecular formula is C71H64BrCl2N15O6. The highest BCUT2D eigenvalue weighted by Crippen LogP contribution is 2.24. The van der Waals surface area contributed by atoms with E-state index in [1.165, 1.54) is 12.4 Å². The minimum Gasteiger partial charge on any atom is -0.359 e. The largest absolute Gasteiger partial charge is 0.359 e. The molecule has 0 saturated carbocycles. The van der Waals surface area contributed by atoms with E-state index in [2.05, 4.69) is 99.4 Å². The molecule has 0 aliphatic carbocycles. The van der Waals surface area contributed by atoms with Crippen molar-refractivity contribution in [3.63, 3.8) is 0 Å². The van der Waals surface area contributed by atoms with Gasteiger partial charge in [-0.1, -0.05) is 96.0 Å². The van der Waals surface area contributed by atoms with E-state index in [0.29, 0.717) is 77.9 Å². The number of para-hydroxylation sites is 3. The lowest BCUT2D eigenvalue weighted by molar-refractivity contribution is 0.101. The number of rotatable bonds is 16. The van der Waals surface area contributed by atoms with E-state index in [-0.39, 0.29) is 35.4 Å². The number of aliphatic imine (C=N–C) groups is 3. The molecule has 6 N–H and O–H groups in total. The first kappa shape index (κ1) is 67.0. The van der Waals surface area contributed by atoms with E-state index in [1.54, 1.807) is 152 Å². The summed E-state index contributed by atoms with van der Waals surface area (Å²) >= 11 is 15.0. The lowest BCUT2D eigenvalue weighted by atomic mass is 10.1. The molecule has 0 unspecified atom stereocenters. The summed E-state index contributed by atoms with van der Waals surface area (Å²) in [5, 5.41) is 17.6. The number of amides is 6. The summed E-state index contributed by atoms with van der Waals surface area (Å²) in [6.07, 6.45) is 5.54. The molecule has 3 aliphatic heterocycles. The Kier molecular flexibility index (Phi) is 22.6. The Hall–Kier alpha value is -10.9. The third-order valence-corrected chi connectivity index (χ3v) is 15.9.